The van der Waals surface area contributed by atoms with Gasteiger partial charge in [0.1, 0.15) is 0 Å². The molecule has 0 fully saturated rings. The van der Waals surface area contributed by atoms with Crippen LogP contribution in [0.4, 0.5) is 0 Å². The average Bonchev–Trinajstić information content (AvgIpc) is 1.98. The van der Waals surface area contributed by atoms with Crippen molar-refractivity contribution in [3.05, 3.63) is 0 Å². The van der Waals surface area contributed by atoms with Crippen LogP contribution in [0.15, 0.2) is 0 Å². The van der Waals surface area contributed by atoms with E-state index in [-0.39, 0.29) is 9.83 Å². The van der Waals surface area contributed by atoms with Crippen LogP contribution < -0.4 is 5.73 Å². The summed E-state index contributed by atoms with van der Waals surface area (Å²) < 4.78 is 0.00352. The number of nitrogens with two attached hydrogens (primary N) is 1. The maximum absolute atomic E-state index is 10.7. The molecule has 2 atom stereocenters. The molecule has 1 amide bonds. The van der Waals surface area contributed by atoms with Gasteiger partial charge < -0.3 is 5.73 Å². The van der Waals surface area contributed by atoms with Gasteiger partial charge >= 0.3 is 0 Å². The summed E-state index contributed by atoms with van der Waals surface area (Å²) in [6.45, 7) is 6.63. The Labute approximate surface area is 88.4 Å². The predicted molar refractivity (Wildman–Crippen MR) is 60.2 cm³/mol. The molecule has 0 aromatic carbocycles. The van der Waals surface area contributed by atoms with E-state index in [9.17, 15) is 4.79 Å². The molecule has 0 saturated heterocycles. The minimum Gasteiger partial charge on any atom is -0.369 e. The lowest BCUT2D eigenvalue weighted by Crippen LogP contribution is -2.23. The van der Waals surface area contributed by atoms with Gasteiger partial charge in [0.25, 0.3) is 0 Å². The average molecular weight is 283 g/mol. The van der Waals surface area contributed by atoms with E-state index >= 15 is 0 Å². The van der Waals surface area contributed by atoms with Crippen molar-refractivity contribution in [3.8, 4) is 0 Å². The Morgan fingerprint density at radius 2 is 1.83 bits per heavy atom. The number of primary amides is 1. The van der Waals surface area contributed by atoms with Crippen molar-refractivity contribution in [1.29, 1.82) is 0 Å². The van der Waals surface area contributed by atoms with Gasteiger partial charge in [0, 0.05) is 0 Å². The third kappa shape index (κ3) is 4.95. The first kappa shape index (κ1) is 12.2. The highest BCUT2D eigenvalue weighted by Gasteiger charge is 2.13. The van der Waals surface area contributed by atoms with E-state index < -0.39 is 0 Å². The van der Waals surface area contributed by atoms with Crippen molar-refractivity contribution in [3.63, 3.8) is 0 Å². The lowest BCUT2D eigenvalue weighted by Gasteiger charge is -2.15. The van der Waals surface area contributed by atoms with Crippen LogP contribution in [0.2, 0.25) is 0 Å². The van der Waals surface area contributed by atoms with Crippen molar-refractivity contribution in [2.24, 2.45) is 17.6 Å². The number of alkyl halides is 1. The highest BCUT2D eigenvalue weighted by Crippen LogP contribution is 2.19. The first-order valence-electron chi connectivity index (χ1n) is 4.38. The Morgan fingerprint density at radius 1 is 1.33 bits per heavy atom. The molecular weight excluding hydrogens is 265 g/mol. The van der Waals surface area contributed by atoms with Gasteiger partial charge in [-0.25, -0.2) is 0 Å². The van der Waals surface area contributed by atoms with E-state index in [1.54, 1.807) is 0 Å². The molecule has 12 heavy (non-hydrogen) atoms. The van der Waals surface area contributed by atoms with Gasteiger partial charge in [-0.2, -0.15) is 0 Å². The van der Waals surface area contributed by atoms with Crippen LogP contribution in [0.5, 0.6) is 0 Å². The van der Waals surface area contributed by atoms with E-state index in [1.807, 2.05) is 0 Å². The summed E-state index contributed by atoms with van der Waals surface area (Å²) >= 11 is 2.11. The van der Waals surface area contributed by atoms with E-state index in [0.717, 1.165) is 12.8 Å². The Balaban J connectivity index is 3.61. The van der Waals surface area contributed by atoms with Crippen molar-refractivity contribution in [1.82, 2.24) is 0 Å². The van der Waals surface area contributed by atoms with Gasteiger partial charge in [0.2, 0.25) is 5.91 Å². The summed E-state index contributed by atoms with van der Waals surface area (Å²) in [7, 11) is 0. The van der Waals surface area contributed by atoms with Crippen LogP contribution in [-0.2, 0) is 4.79 Å². The maximum atomic E-state index is 10.7. The molecule has 3 heteroatoms. The number of rotatable bonds is 5. The molecule has 2 unspecified atom stereocenters. The molecule has 2 N–H and O–H groups in total. The van der Waals surface area contributed by atoms with Gasteiger partial charge in [-0.15, -0.1) is 0 Å². The van der Waals surface area contributed by atoms with Crippen molar-refractivity contribution in [2.75, 3.05) is 0 Å². The van der Waals surface area contributed by atoms with E-state index in [2.05, 4.69) is 43.4 Å². The molecule has 0 spiro atoms. The Bertz CT molecular complexity index is 147. The molecule has 0 rings (SSSR count). The van der Waals surface area contributed by atoms with Crippen LogP contribution in [0.25, 0.3) is 0 Å². The Hall–Kier alpha value is 0.200. The highest BCUT2D eigenvalue weighted by atomic mass is 127. The quantitative estimate of drug-likeness (QED) is 0.611. The maximum Gasteiger partial charge on any atom is 0.230 e. The van der Waals surface area contributed by atoms with E-state index in [0.29, 0.717) is 11.8 Å². The Kier molecular flexibility index (Phi) is 5.88. The fourth-order valence-corrected chi connectivity index (χ4v) is 1.24. The Morgan fingerprint density at radius 3 is 2.17 bits per heavy atom. The number of halogens is 1. The second-order valence-electron chi connectivity index (χ2n) is 3.67. The van der Waals surface area contributed by atoms with Crippen molar-refractivity contribution in [2.45, 2.75) is 37.5 Å². The molecule has 0 aliphatic carbocycles. The van der Waals surface area contributed by atoms with Crippen LogP contribution in [0.3, 0.4) is 0 Å². The van der Waals surface area contributed by atoms with E-state index in [1.165, 1.54) is 0 Å². The fourth-order valence-electron chi connectivity index (χ4n) is 0.885. The summed E-state index contributed by atoms with van der Waals surface area (Å²) in [5, 5.41) is 0. The summed E-state index contributed by atoms with van der Waals surface area (Å²) in [5.41, 5.74) is 5.15. The largest absolute Gasteiger partial charge is 0.369 e. The van der Waals surface area contributed by atoms with Crippen LogP contribution in [-0.4, -0.2) is 9.83 Å². The van der Waals surface area contributed by atoms with Gasteiger partial charge in [-0.05, 0) is 24.7 Å². The molecule has 0 saturated carbocycles. The summed E-state index contributed by atoms with van der Waals surface area (Å²) in [6.07, 6.45) is 2.00. The number of hydrogen-bond acceptors (Lipinski definition) is 1. The fraction of sp³-hybridized carbons (Fsp3) is 0.889. The molecule has 0 radical (unpaired) electrons. The molecule has 0 aliphatic rings. The van der Waals surface area contributed by atoms with Crippen LogP contribution in [0, 0.1) is 11.8 Å². The summed E-state index contributed by atoms with van der Waals surface area (Å²) in [5.74, 6) is 1.19. The third-order valence-corrected chi connectivity index (χ3v) is 3.56. The first-order chi connectivity index (χ1) is 5.45. The predicted octanol–water partition coefficient (Wildman–Crippen LogP) is 2.35. The lowest BCUT2D eigenvalue weighted by molar-refractivity contribution is -0.117. The second-order valence-corrected chi connectivity index (χ2v) is 5.17. The molecule has 0 heterocycles. The lowest BCUT2D eigenvalue weighted by atomic mass is 9.93. The summed E-state index contributed by atoms with van der Waals surface area (Å²) in [4.78, 5) is 10.7. The highest BCUT2D eigenvalue weighted by molar-refractivity contribution is 14.1. The first-order valence-corrected chi connectivity index (χ1v) is 5.63. The smallest absolute Gasteiger partial charge is 0.230 e. The second kappa shape index (κ2) is 5.78. The van der Waals surface area contributed by atoms with Crippen LogP contribution >= 0.6 is 22.6 Å². The monoisotopic (exact) mass is 283 g/mol. The van der Waals surface area contributed by atoms with Gasteiger partial charge in [0.15, 0.2) is 0 Å². The molecule has 0 aromatic heterocycles. The number of carbonyl (C=O) groups is 1. The van der Waals surface area contributed by atoms with Gasteiger partial charge in [-0.1, -0.05) is 43.4 Å². The standard InChI is InChI=1S/C9H18INO/c1-6(2)7(3)4-5-8(10)9(11)12/h6-8H,4-5H2,1-3H3,(H2,11,12). The molecule has 72 valence electrons. The molecule has 2 nitrogen and oxygen atoms in total. The summed E-state index contributed by atoms with van der Waals surface area (Å²) in [6, 6.07) is 0. The SMILES string of the molecule is CC(C)C(C)CCC(I)C(N)=O. The zero-order chi connectivity index (χ0) is 9.72. The molecular formula is C9H18INO. The van der Waals surface area contributed by atoms with Crippen molar-refractivity contribution >= 4 is 28.5 Å². The topological polar surface area (TPSA) is 43.1 Å². The minimum absolute atomic E-state index is 0.00352. The number of hydrogen-bond donors (Lipinski definition) is 1. The molecule has 0 aliphatic heterocycles. The third-order valence-electron chi connectivity index (χ3n) is 2.32. The normalized spacial score (nSPS) is 16.1. The number of carbonyl (C=O) groups excluding carboxylic acids is 1. The number of amides is 1. The van der Waals surface area contributed by atoms with Crippen molar-refractivity contribution < 1.29 is 4.79 Å². The van der Waals surface area contributed by atoms with E-state index in [4.69, 9.17) is 5.73 Å². The molecule has 0 aromatic rings. The van der Waals surface area contributed by atoms with Gasteiger partial charge in [-0.3, -0.25) is 4.79 Å². The zero-order valence-electron chi connectivity index (χ0n) is 8.01. The minimum atomic E-state index is -0.188. The van der Waals surface area contributed by atoms with Crippen LogP contribution in [0.1, 0.15) is 33.6 Å². The molecule has 0 bridgehead atoms. The van der Waals surface area contributed by atoms with Gasteiger partial charge in [0.05, 0.1) is 3.92 Å². The zero-order valence-corrected chi connectivity index (χ0v) is 10.2.